The zero-order chi connectivity index (χ0) is 12.3. The predicted molar refractivity (Wildman–Crippen MR) is 62.8 cm³/mol. The summed E-state index contributed by atoms with van der Waals surface area (Å²) in [5, 5.41) is 8.58. The van der Waals surface area contributed by atoms with Crippen LogP contribution in [-0.4, -0.2) is 35.3 Å². The number of carboxylic acid groups (broad SMARTS) is 1. The molecule has 0 radical (unpaired) electrons. The Morgan fingerprint density at radius 2 is 2.00 bits per heavy atom. The number of anilines is 1. The molecule has 6 heteroatoms. The summed E-state index contributed by atoms with van der Waals surface area (Å²) in [5.74, 6) is -1.04. The number of amides is 1. The number of nitrogens with zero attached hydrogens (tertiary/aromatic N) is 1. The van der Waals surface area contributed by atoms with Gasteiger partial charge in [0.1, 0.15) is 0 Å². The molecule has 5 nitrogen and oxygen atoms in total. The lowest BCUT2D eigenvalue weighted by Crippen LogP contribution is -2.16. The number of nitrogen functional groups attached to an aromatic ring is 1. The molecule has 0 aromatic heterocycles. The smallest absolute Gasteiger partial charge is 0.335 e. The fourth-order valence-electron chi connectivity index (χ4n) is 0.960. The van der Waals surface area contributed by atoms with Crippen molar-refractivity contribution in [1.29, 1.82) is 0 Å². The molecule has 0 fully saturated rings. The molecule has 0 aliphatic carbocycles. The average Bonchev–Trinajstić information content (AvgIpc) is 2.20. The summed E-state index contributed by atoms with van der Waals surface area (Å²) in [5.41, 5.74) is 6.05. The summed E-state index contributed by atoms with van der Waals surface area (Å²) >= 11 is 0.968. The largest absolute Gasteiger partial charge is 0.478 e. The molecule has 0 aliphatic heterocycles. The van der Waals surface area contributed by atoms with Gasteiger partial charge in [0.15, 0.2) is 0 Å². The standard InChI is InChI=1S/C10H12N2O3S/c1-12(2)10(15)16-8-4-3-6(9(13)14)5-7(8)11/h3-5H,11H2,1-2H3,(H,13,14). The normalized spacial score (nSPS) is 9.88. The number of carboxylic acids is 1. The predicted octanol–water partition coefficient (Wildman–Crippen LogP) is 1.74. The third kappa shape index (κ3) is 2.90. The molecule has 0 heterocycles. The second-order valence-electron chi connectivity index (χ2n) is 3.32. The van der Waals surface area contributed by atoms with Gasteiger partial charge in [-0.15, -0.1) is 0 Å². The number of thioether (sulfide) groups is 1. The zero-order valence-electron chi connectivity index (χ0n) is 8.93. The topological polar surface area (TPSA) is 83.6 Å². The van der Waals surface area contributed by atoms with Gasteiger partial charge in [-0.3, -0.25) is 4.79 Å². The maximum atomic E-state index is 11.4. The molecule has 1 aromatic carbocycles. The van der Waals surface area contributed by atoms with Crippen molar-refractivity contribution in [2.24, 2.45) is 0 Å². The van der Waals surface area contributed by atoms with Gasteiger partial charge in [0.2, 0.25) is 0 Å². The van der Waals surface area contributed by atoms with Gasteiger partial charge < -0.3 is 15.7 Å². The van der Waals surface area contributed by atoms with Crippen LogP contribution < -0.4 is 5.73 Å². The van der Waals surface area contributed by atoms with Gasteiger partial charge >= 0.3 is 5.97 Å². The molecular weight excluding hydrogens is 228 g/mol. The number of carbonyl (C=O) groups is 2. The molecule has 0 saturated heterocycles. The van der Waals surface area contributed by atoms with Crippen LogP contribution in [0.4, 0.5) is 10.5 Å². The molecule has 1 amide bonds. The molecule has 86 valence electrons. The maximum absolute atomic E-state index is 11.4. The lowest BCUT2D eigenvalue weighted by Gasteiger charge is -2.10. The lowest BCUT2D eigenvalue weighted by atomic mass is 10.2. The number of aromatic carboxylic acids is 1. The van der Waals surface area contributed by atoms with Crippen LogP contribution in [0.15, 0.2) is 23.1 Å². The van der Waals surface area contributed by atoms with Crippen LogP contribution in [0.2, 0.25) is 0 Å². The Labute approximate surface area is 97.2 Å². The number of hydrogen-bond acceptors (Lipinski definition) is 4. The van der Waals surface area contributed by atoms with Crippen LogP contribution in [0.1, 0.15) is 10.4 Å². The Hall–Kier alpha value is -1.69. The number of hydrogen-bond donors (Lipinski definition) is 2. The van der Waals surface area contributed by atoms with Crippen molar-refractivity contribution in [2.75, 3.05) is 19.8 Å². The molecule has 0 bridgehead atoms. The van der Waals surface area contributed by atoms with Gasteiger partial charge in [-0.2, -0.15) is 0 Å². The van der Waals surface area contributed by atoms with Crippen LogP contribution in [0.5, 0.6) is 0 Å². The Kier molecular flexibility index (Phi) is 3.78. The number of carbonyl (C=O) groups excluding carboxylic acids is 1. The van der Waals surface area contributed by atoms with Crippen molar-refractivity contribution in [1.82, 2.24) is 4.90 Å². The third-order valence-corrected chi connectivity index (χ3v) is 2.95. The molecule has 0 saturated carbocycles. The van der Waals surface area contributed by atoms with E-state index in [2.05, 4.69) is 0 Å². The van der Waals surface area contributed by atoms with Crippen molar-refractivity contribution in [3.05, 3.63) is 23.8 Å². The van der Waals surface area contributed by atoms with E-state index in [9.17, 15) is 9.59 Å². The van der Waals surface area contributed by atoms with Crippen molar-refractivity contribution in [3.8, 4) is 0 Å². The quantitative estimate of drug-likeness (QED) is 0.607. The van der Waals surface area contributed by atoms with Crippen LogP contribution in [0, 0.1) is 0 Å². The highest BCUT2D eigenvalue weighted by Gasteiger charge is 2.11. The third-order valence-electron chi connectivity index (χ3n) is 1.82. The minimum Gasteiger partial charge on any atom is -0.478 e. The SMILES string of the molecule is CN(C)C(=O)Sc1ccc(C(=O)O)cc1N. The van der Waals surface area contributed by atoms with Crippen LogP contribution in [-0.2, 0) is 0 Å². The molecule has 0 atom stereocenters. The van der Waals surface area contributed by atoms with Gasteiger partial charge in [0.25, 0.3) is 5.24 Å². The summed E-state index contributed by atoms with van der Waals surface area (Å²) in [6.07, 6.45) is 0. The highest BCUT2D eigenvalue weighted by Crippen LogP contribution is 2.27. The fourth-order valence-corrected chi connectivity index (χ4v) is 1.64. The minimum absolute atomic E-state index is 0.110. The van der Waals surface area contributed by atoms with Gasteiger partial charge in [0.05, 0.1) is 5.56 Å². The molecule has 0 unspecified atom stereocenters. The summed E-state index contributed by atoms with van der Waals surface area (Å²) in [6.45, 7) is 0. The first-order valence-corrected chi connectivity index (χ1v) is 5.25. The highest BCUT2D eigenvalue weighted by atomic mass is 32.2. The molecule has 0 aliphatic rings. The number of benzene rings is 1. The van der Waals surface area contributed by atoms with E-state index >= 15 is 0 Å². The first-order chi connectivity index (χ1) is 7.41. The van der Waals surface area contributed by atoms with Crippen LogP contribution >= 0.6 is 11.8 Å². The Balaban J connectivity index is 2.91. The second-order valence-corrected chi connectivity index (χ2v) is 4.31. The fraction of sp³-hybridized carbons (Fsp3) is 0.200. The summed E-state index contributed by atoms with van der Waals surface area (Å²) in [4.78, 5) is 24.0. The van der Waals surface area contributed by atoms with Crippen LogP contribution in [0.25, 0.3) is 0 Å². The molecule has 16 heavy (non-hydrogen) atoms. The van der Waals surface area contributed by atoms with Crippen molar-refractivity contribution < 1.29 is 14.7 Å². The van der Waals surface area contributed by atoms with E-state index in [1.54, 1.807) is 14.1 Å². The average molecular weight is 240 g/mol. The van der Waals surface area contributed by atoms with E-state index in [4.69, 9.17) is 10.8 Å². The van der Waals surface area contributed by atoms with Gasteiger partial charge in [-0.05, 0) is 30.0 Å². The Morgan fingerprint density at radius 1 is 1.38 bits per heavy atom. The van der Waals surface area contributed by atoms with E-state index in [0.717, 1.165) is 11.8 Å². The number of rotatable bonds is 2. The van der Waals surface area contributed by atoms with E-state index in [1.165, 1.54) is 23.1 Å². The Bertz CT molecular complexity index is 432. The molecule has 1 rings (SSSR count). The molecule has 0 spiro atoms. The van der Waals surface area contributed by atoms with E-state index in [1.807, 2.05) is 0 Å². The zero-order valence-corrected chi connectivity index (χ0v) is 9.75. The van der Waals surface area contributed by atoms with Crippen molar-refractivity contribution >= 4 is 28.7 Å². The summed E-state index contributed by atoms with van der Waals surface area (Å²) in [7, 11) is 3.27. The van der Waals surface area contributed by atoms with E-state index in [-0.39, 0.29) is 10.8 Å². The minimum atomic E-state index is -1.04. The van der Waals surface area contributed by atoms with E-state index < -0.39 is 5.97 Å². The van der Waals surface area contributed by atoms with E-state index in [0.29, 0.717) is 10.6 Å². The highest BCUT2D eigenvalue weighted by molar-refractivity contribution is 8.13. The van der Waals surface area contributed by atoms with Crippen molar-refractivity contribution in [3.63, 3.8) is 0 Å². The van der Waals surface area contributed by atoms with Gasteiger partial charge in [-0.1, -0.05) is 0 Å². The molecule has 3 N–H and O–H groups in total. The van der Waals surface area contributed by atoms with Crippen molar-refractivity contribution in [2.45, 2.75) is 4.90 Å². The Morgan fingerprint density at radius 3 is 2.44 bits per heavy atom. The summed E-state index contributed by atoms with van der Waals surface area (Å²) < 4.78 is 0. The number of nitrogens with two attached hydrogens (primary N) is 1. The first kappa shape index (κ1) is 12.4. The molecule has 1 aromatic rings. The second kappa shape index (κ2) is 4.89. The van der Waals surface area contributed by atoms with Gasteiger partial charge in [-0.25, -0.2) is 4.79 Å². The summed E-state index contributed by atoms with van der Waals surface area (Å²) in [6, 6.07) is 4.29. The lowest BCUT2D eigenvalue weighted by molar-refractivity contribution is 0.0697. The van der Waals surface area contributed by atoms with Crippen LogP contribution in [0.3, 0.4) is 0 Å². The van der Waals surface area contributed by atoms with Gasteiger partial charge in [0, 0.05) is 24.7 Å². The molecular formula is C10H12N2O3S. The monoisotopic (exact) mass is 240 g/mol. The first-order valence-electron chi connectivity index (χ1n) is 4.43. The maximum Gasteiger partial charge on any atom is 0.335 e.